The number of methoxy groups -OCH3 is 2. The maximum absolute atomic E-state index is 6.10. The molecule has 2 aliphatic carbocycles. The molecule has 15 heavy (non-hydrogen) atoms. The van der Waals surface area contributed by atoms with Crippen LogP contribution in [0.4, 0.5) is 0 Å². The summed E-state index contributed by atoms with van der Waals surface area (Å²) < 4.78 is 10.4. The second kappa shape index (κ2) is 4.81. The third kappa shape index (κ3) is 2.35. The normalized spacial score (nSPS) is 36.4. The van der Waals surface area contributed by atoms with E-state index in [0.29, 0.717) is 0 Å². The predicted molar refractivity (Wildman–Crippen MR) is 59.3 cm³/mol. The first kappa shape index (κ1) is 11.4. The van der Waals surface area contributed by atoms with E-state index in [4.69, 9.17) is 15.2 Å². The molecule has 2 fully saturated rings. The van der Waals surface area contributed by atoms with E-state index in [1.54, 1.807) is 14.2 Å². The highest BCUT2D eigenvalue weighted by atomic mass is 16.7. The van der Waals surface area contributed by atoms with Gasteiger partial charge in [0.15, 0.2) is 6.29 Å². The molecule has 2 N–H and O–H groups in total. The first-order chi connectivity index (χ1) is 7.24. The van der Waals surface area contributed by atoms with Crippen molar-refractivity contribution in [1.29, 1.82) is 0 Å². The van der Waals surface area contributed by atoms with Crippen molar-refractivity contribution in [3.63, 3.8) is 0 Å². The maximum atomic E-state index is 6.10. The highest BCUT2D eigenvalue weighted by Gasteiger charge is 2.40. The average Bonchev–Trinajstić information content (AvgIpc) is 2.81. The number of nitrogens with two attached hydrogens (primary N) is 1. The molecule has 0 amide bonds. The Balaban J connectivity index is 1.81. The van der Waals surface area contributed by atoms with Crippen LogP contribution in [0.5, 0.6) is 0 Å². The smallest absolute Gasteiger partial charge is 0.171 e. The molecule has 2 bridgehead atoms. The van der Waals surface area contributed by atoms with Gasteiger partial charge >= 0.3 is 0 Å². The van der Waals surface area contributed by atoms with Crippen molar-refractivity contribution in [3.05, 3.63) is 0 Å². The van der Waals surface area contributed by atoms with Crippen LogP contribution in [0.1, 0.15) is 32.1 Å². The third-order valence-electron chi connectivity index (χ3n) is 4.27. The molecular formula is C12H23NO2. The van der Waals surface area contributed by atoms with Crippen LogP contribution in [0.25, 0.3) is 0 Å². The Labute approximate surface area is 92.3 Å². The lowest BCUT2D eigenvalue weighted by molar-refractivity contribution is -0.120. The van der Waals surface area contributed by atoms with E-state index in [-0.39, 0.29) is 12.3 Å². The Morgan fingerprint density at radius 3 is 2.40 bits per heavy atom. The van der Waals surface area contributed by atoms with E-state index in [9.17, 15) is 0 Å². The van der Waals surface area contributed by atoms with E-state index < -0.39 is 0 Å². The summed E-state index contributed by atoms with van der Waals surface area (Å²) >= 11 is 0. The van der Waals surface area contributed by atoms with Gasteiger partial charge in [0, 0.05) is 14.2 Å². The second-order valence-electron chi connectivity index (χ2n) is 5.17. The molecule has 88 valence electrons. The van der Waals surface area contributed by atoms with Crippen molar-refractivity contribution < 1.29 is 9.47 Å². The van der Waals surface area contributed by atoms with Crippen molar-refractivity contribution in [2.75, 3.05) is 14.2 Å². The summed E-state index contributed by atoms with van der Waals surface area (Å²) in [6.45, 7) is 0. The fourth-order valence-electron chi connectivity index (χ4n) is 3.57. The van der Waals surface area contributed by atoms with Gasteiger partial charge in [0.2, 0.25) is 0 Å². The summed E-state index contributed by atoms with van der Waals surface area (Å²) in [4.78, 5) is 0. The molecular weight excluding hydrogens is 190 g/mol. The number of fused-ring (bicyclic) bond motifs is 2. The molecule has 0 aromatic rings. The molecule has 3 heteroatoms. The number of ether oxygens (including phenoxy) is 2. The quantitative estimate of drug-likeness (QED) is 0.708. The zero-order valence-corrected chi connectivity index (χ0v) is 9.82. The molecule has 0 aromatic carbocycles. The zero-order valence-electron chi connectivity index (χ0n) is 9.82. The Bertz CT molecular complexity index is 206. The first-order valence-electron chi connectivity index (χ1n) is 6.05. The summed E-state index contributed by atoms with van der Waals surface area (Å²) in [6.07, 6.45) is 6.54. The molecule has 0 radical (unpaired) electrons. The fourth-order valence-corrected chi connectivity index (χ4v) is 3.57. The Kier molecular flexibility index (Phi) is 3.65. The Hall–Kier alpha value is -0.120. The van der Waals surface area contributed by atoms with Gasteiger partial charge in [-0.3, -0.25) is 0 Å². The molecule has 4 atom stereocenters. The van der Waals surface area contributed by atoms with Gasteiger partial charge < -0.3 is 15.2 Å². The molecule has 0 spiro atoms. The predicted octanol–water partition coefficient (Wildman–Crippen LogP) is 1.76. The van der Waals surface area contributed by atoms with Gasteiger partial charge in [0.25, 0.3) is 0 Å². The molecule has 2 saturated carbocycles. The van der Waals surface area contributed by atoms with Gasteiger partial charge in [-0.1, -0.05) is 6.42 Å². The van der Waals surface area contributed by atoms with Crippen molar-refractivity contribution in [2.24, 2.45) is 23.5 Å². The average molecular weight is 213 g/mol. The van der Waals surface area contributed by atoms with Crippen LogP contribution in [0.3, 0.4) is 0 Å². The van der Waals surface area contributed by atoms with Crippen molar-refractivity contribution in [3.8, 4) is 0 Å². The molecule has 3 nitrogen and oxygen atoms in total. The van der Waals surface area contributed by atoms with E-state index >= 15 is 0 Å². The lowest BCUT2D eigenvalue weighted by Crippen LogP contribution is -2.39. The van der Waals surface area contributed by atoms with E-state index in [1.165, 1.54) is 25.7 Å². The standard InChI is InChI=1S/C12H23NO2/c1-14-12(15-2)11(13)7-10-6-8-3-4-9(10)5-8/h8-12H,3-7,13H2,1-2H3. The lowest BCUT2D eigenvalue weighted by Gasteiger charge is -2.28. The van der Waals surface area contributed by atoms with Gasteiger partial charge in [0.05, 0.1) is 6.04 Å². The minimum atomic E-state index is -0.232. The van der Waals surface area contributed by atoms with Gasteiger partial charge in [-0.05, 0) is 43.4 Å². The van der Waals surface area contributed by atoms with Gasteiger partial charge in [0.1, 0.15) is 0 Å². The summed E-state index contributed by atoms with van der Waals surface area (Å²) in [7, 11) is 3.32. The Morgan fingerprint density at radius 2 is 1.93 bits per heavy atom. The first-order valence-corrected chi connectivity index (χ1v) is 6.05. The Morgan fingerprint density at radius 1 is 1.20 bits per heavy atom. The minimum absolute atomic E-state index is 0.0318. The lowest BCUT2D eigenvalue weighted by atomic mass is 9.84. The highest BCUT2D eigenvalue weighted by molar-refractivity contribution is 4.91. The van der Waals surface area contributed by atoms with E-state index in [2.05, 4.69) is 0 Å². The number of hydrogen-bond donors (Lipinski definition) is 1. The molecule has 2 aliphatic rings. The largest absolute Gasteiger partial charge is 0.354 e. The summed E-state index contributed by atoms with van der Waals surface area (Å²) in [6, 6.07) is 0.0318. The van der Waals surface area contributed by atoms with E-state index in [1.807, 2.05) is 0 Å². The molecule has 4 unspecified atom stereocenters. The van der Waals surface area contributed by atoms with Crippen LogP contribution in [0.15, 0.2) is 0 Å². The molecule has 0 aromatic heterocycles. The monoisotopic (exact) mass is 213 g/mol. The molecule has 0 heterocycles. The van der Waals surface area contributed by atoms with Crippen LogP contribution in [0, 0.1) is 17.8 Å². The highest BCUT2D eigenvalue weighted by Crippen LogP contribution is 2.49. The molecule has 2 rings (SSSR count). The molecule has 0 aliphatic heterocycles. The van der Waals surface area contributed by atoms with Gasteiger partial charge in [-0.15, -0.1) is 0 Å². The molecule has 0 saturated heterocycles. The minimum Gasteiger partial charge on any atom is -0.354 e. The zero-order chi connectivity index (χ0) is 10.8. The van der Waals surface area contributed by atoms with Crippen molar-refractivity contribution in [1.82, 2.24) is 0 Å². The van der Waals surface area contributed by atoms with Crippen LogP contribution in [-0.2, 0) is 9.47 Å². The van der Waals surface area contributed by atoms with Crippen molar-refractivity contribution in [2.45, 2.75) is 44.4 Å². The van der Waals surface area contributed by atoms with Crippen LogP contribution in [-0.4, -0.2) is 26.6 Å². The number of rotatable bonds is 5. The third-order valence-corrected chi connectivity index (χ3v) is 4.27. The topological polar surface area (TPSA) is 44.5 Å². The van der Waals surface area contributed by atoms with Gasteiger partial charge in [-0.2, -0.15) is 0 Å². The van der Waals surface area contributed by atoms with E-state index in [0.717, 1.165) is 24.2 Å². The maximum Gasteiger partial charge on any atom is 0.171 e. The SMILES string of the molecule is COC(OC)C(N)CC1CC2CCC1C2. The number of hydrogen-bond acceptors (Lipinski definition) is 3. The van der Waals surface area contributed by atoms with Crippen LogP contribution < -0.4 is 5.73 Å². The summed E-state index contributed by atoms with van der Waals surface area (Å²) in [5.74, 6) is 2.76. The summed E-state index contributed by atoms with van der Waals surface area (Å²) in [5.41, 5.74) is 6.10. The summed E-state index contributed by atoms with van der Waals surface area (Å²) in [5, 5.41) is 0. The van der Waals surface area contributed by atoms with Crippen LogP contribution >= 0.6 is 0 Å². The van der Waals surface area contributed by atoms with Crippen LogP contribution in [0.2, 0.25) is 0 Å². The fraction of sp³-hybridized carbons (Fsp3) is 1.00. The van der Waals surface area contributed by atoms with Gasteiger partial charge in [-0.25, -0.2) is 0 Å². The second-order valence-corrected chi connectivity index (χ2v) is 5.17. The van der Waals surface area contributed by atoms with Crippen molar-refractivity contribution >= 4 is 0 Å².